The number of ketones is 4. The van der Waals surface area contributed by atoms with E-state index in [1.54, 1.807) is 60.5 Å². The van der Waals surface area contributed by atoms with Gasteiger partial charge in [-0.2, -0.15) is 0 Å². The molecule has 3 aliphatic carbocycles. The van der Waals surface area contributed by atoms with E-state index in [2.05, 4.69) is 5.32 Å². The average Bonchev–Trinajstić information content (AvgIpc) is 3.01. The SMILES string of the molecule is CN(C)c1cc(NC(=O)CN(C(=O)OCOC(=O)C(C)(C)C)C(C)(C)C)c(O)c2c1C[C@H]1C[C@H]3[C@H](N(C)C)C(=O)C(C(N)=O)C(=O)[C@@]3(O)C(=O)C1C2=O. The minimum atomic E-state index is -2.89. The van der Waals surface area contributed by atoms with Crippen LogP contribution in [0.25, 0.3) is 0 Å². The van der Waals surface area contributed by atoms with Crippen molar-refractivity contribution in [2.24, 2.45) is 34.8 Å². The first-order valence-corrected chi connectivity index (χ1v) is 17.1. The summed E-state index contributed by atoms with van der Waals surface area (Å²) in [7, 11) is 6.32. The molecule has 1 aromatic rings. The number of nitrogens with two attached hydrogens (primary N) is 1. The smallest absolute Gasteiger partial charge is 0.413 e. The molecule has 6 atom stereocenters. The Kier molecular flexibility index (Phi) is 10.9. The lowest BCUT2D eigenvalue weighted by Gasteiger charge is -2.52. The van der Waals surface area contributed by atoms with Crippen LogP contribution >= 0.6 is 0 Å². The number of hydrogen-bond donors (Lipinski definition) is 4. The molecular formula is C36H49N5O12. The van der Waals surface area contributed by atoms with Crippen LogP contribution < -0.4 is 16.0 Å². The number of nitrogens with one attached hydrogen (secondary N) is 1. The lowest BCUT2D eigenvalue weighted by Crippen LogP contribution is -2.74. The van der Waals surface area contributed by atoms with Crippen molar-refractivity contribution in [3.8, 4) is 5.75 Å². The number of carbonyl (C=O) groups excluding carboxylic acids is 8. The van der Waals surface area contributed by atoms with Crippen molar-refractivity contribution in [2.75, 3.05) is 51.7 Å². The van der Waals surface area contributed by atoms with E-state index < -0.39 is 112 Å². The number of benzene rings is 1. The van der Waals surface area contributed by atoms with E-state index in [9.17, 15) is 48.6 Å². The number of nitrogens with zero attached hydrogens (tertiary/aromatic N) is 3. The highest BCUT2D eigenvalue weighted by Gasteiger charge is 2.69. The number of phenolic OH excluding ortho intramolecular Hbond substituents is 1. The summed E-state index contributed by atoms with van der Waals surface area (Å²) in [6.45, 7) is 8.50. The van der Waals surface area contributed by atoms with Gasteiger partial charge in [-0.15, -0.1) is 0 Å². The van der Waals surface area contributed by atoms with Gasteiger partial charge in [-0.3, -0.25) is 43.4 Å². The van der Waals surface area contributed by atoms with Crippen LogP contribution in [-0.4, -0.2) is 126 Å². The number of aliphatic hydroxyl groups is 1. The maximum Gasteiger partial charge on any atom is 0.413 e. The zero-order valence-electron chi connectivity index (χ0n) is 31.7. The van der Waals surface area contributed by atoms with Crippen LogP contribution in [-0.2, 0) is 44.7 Å². The first-order chi connectivity index (χ1) is 24.3. The molecule has 0 aromatic heterocycles. The number of esters is 1. The topological polar surface area (TPSA) is 243 Å². The second-order valence-corrected chi connectivity index (χ2v) is 16.3. The molecule has 2 fully saturated rings. The second kappa shape index (κ2) is 14.2. The van der Waals surface area contributed by atoms with Crippen molar-refractivity contribution >= 4 is 58.4 Å². The summed E-state index contributed by atoms with van der Waals surface area (Å²) in [6, 6.07) is 0.194. The van der Waals surface area contributed by atoms with Gasteiger partial charge in [-0.1, -0.05) is 0 Å². The van der Waals surface area contributed by atoms with E-state index in [1.165, 1.54) is 25.1 Å². The fraction of sp³-hybridized carbons (Fsp3) is 0.611. The Morgan fingerprint density at radius 1 is 0.981 bits per heavy atom. The van der Waals surface area contributed by atoms with Gasteiger partial charge in [0.1, 0.15) is 12.3 Å². The Hall–Kier alpha value is -4.90. The lowest BCUT2D eigenvalue weighted by atomic mass is 9.52. The van der Waals surface area contributed by atoms with Crippen LogP contribution in [0.5, 0.6) is 5.75 Å². The fourth-order valence-corrected chi connectivity index (χ4v) is 7.48. The number of primary amides is 1. The quantitative estimate of drug-likeness (QED) is 0.124. The predicted molar refractivity (Wildman–Crippen MR) is 188 cm³/mol. The molecule has 290 valence electrons. The van der Waals surface area contributed by atoms with Crippen LogP contribution in [0.15, 0.2) is 6.07 Å². The van der Waals surface area contributed by atoms with Gasteiger partial charge in [0.15, 0.2) is 34.7 Å². The Bertz CT molecular complexity index is 1770. The summed E-state index contributed by atoms with van der Waals surface area (Å²) < 4.78 is 10.1. The molecule has 3 amide bonds. The standard InChI is InChI=1S/C36H49N5O12/c1-34(2,3)32(49)52-15-53-33(50)41(35(4,5)6)14-21(42)38-19-13-20(39(7)8)17-11-16-12-18-25(40(9)10)28(45)24(31(37)48)30(47)36(18,51)29(46)22(16)27(44)23(17)26(19)43/h13,16,18,22,24-25,43,51H,11-12,14-15H2,1-10H3,(H2,37,48)(H,38,42)/t16-,18-,22?,24?,25-,36-/m0/s1. The minimum Gasteiger partial charge on any atom is -0.505 e. The molecule has 5 N–H and O–H groups in total. The molecule has 0 radical (unpaired) electrons. The monoisotopic (exact) mass is 743 g/mol. The van der Waals surface area contributed by atoms with E-state index in [0.717, 1.165) is 4.90 Å². The number of fused-ring (bicyclic) bond motifs is 3. The molecule has 0 aliphatic heterocycles. The minimum absolute atomic E-state index is 0.0184. The van der Waals surface area contributed by atoms with Gasteiger partial charge < -0.3 is 35.6 Å². The average molecular weight is 744 g/mol. The molecule has 2 saturated carbocycles. The first kappa shape index (κ1) is 40.9. The van der Waals surface area contributed by atoms with Crippen molar-refractivity contribution in [1.82, 2.24) is 9.80 Å². The molecular weight excluding hydrogens is 694 g/mol. The third-order valence-electron chi connectivity index (χ3n) is 10.1. The number of likely N-dealkylation sites (N-methyl/N-ethyl adjacent to an activating group) is 1. The number of ether oxygens (including phenoxy) is 2. The zero-order chi connectivity index (χ0) is 40.3. The summed E-state index contributed by atoms with van der Waals surface area (Å²) in [5.74, 6) is -13.6. The van der Waals surface area contributed by atoms with Gasteiger partial charge >= 0.3 is 12.1 Å². The summed E-state index contributed by atoms with van der Waals surface area (Å²) in [6.07, 6.45) is -1.07. The summed E-state index contributed by atoms with van der Waals surface area (Å²) in [5.41, 5.74) is 0.875. The van der Waals surface area contributed by atoms with E-state index in [0.29, 0.717) is 11.3 Å². The number of carbonyl (C=O) groups is 8. The Morgan fingerprint density at radius 3 is 2.09 bits per heavy atom. The lowest BCUT2D eigenvalue weighted by molar-refractivity contribution is -0.181. The summed E-state index contributed by atoms with van der Waals surface area (Å²) in [5, 5.41) is 25.9. The van der Waals surface area contributed by atoms with Crippen molar-refractivity contribution in [1.29, 1.82) is 0 Å². The number of aromatic hydroxyl groups is 1. The van der Waals surface area contributed by atoms with Crippen LogP contribution in [0.2, 0.25) is 0 Å². The Morgan fingerprint density at radius 2 is 1.58 bits per heavy atom. The summed E-state index contributed by atoms with van der Waals surface area (Å²) in [4.78, 5) is 110. The van der Waals surface area contributed by atoms with E-state index in [4.69, 9.17) is 15.2 Å². The number of amides is 3. The molecule has 4 rings (SSSR count). The largest absolute Gasteiger partial charge is 0.505 e. The van der Waals surface area contributed by atoms with Crippen LogP contribution in [0.4, 0.5) is 16.2 Å². The second-order valence-electron chi connectivity index (χ2n) is 16.3. The van der Waals surface area contributed by atoms with Gasteiger partial charge in [0.25, 0.3) is 0 Å². The van der Waals surface area contributed by atoms with Crippen molar-refractivity contribution < 1.29 is 58.0 Å². The molecule has 0 bridgehead atoms. The van der Waals surface area contributed by atoms with Gasteiger partial charge in [-0.25, -0.2) is 4.79 Å². The molecule has 3 aliphatic rings. The first-order valence-electron chi connectivity index (χ1n) is 17.1. The summed E-state index contributed by atoms with van der Waals surface area (Å²) >= 11 is 0. The Balaban J connectivity index is 1.68. The molecule has 0 saturated heterocycles. The highest BCUT2D eigenvalue weighted by atomic mass is 16.7. The van der Waals surface area contributed by atoms with Gasteiger partial charge in [0, 0.05) is 31.2 Å². The fourth-order valence-electron chi connectivity index (χ4n) is 7.48. The van der Waals surface area contributed by atoms with E-state index in [1.807, 2.05) is 0 Å². The number of rotatable bonds is 8. The van der Waals surface area contributed by atoms with Gasteiger partial charge in [0.2, 0.25) is 18.6 Å². The van der Waals surface area contributed by atoms with Crippen LogP contribution in [0, 0.1) is 29.1 Å². The Labute approximate surface area is 307 Å². The van der Waals surface area contributed by atoms with E-state index in [-0.39, 0.29) is 24.1 Å². The van der Waals surface area contributed by atoms with Crippen molar-refractivity contribution in [2.45, 2.75) is 71.6 Å². The molecule has 1 aromatic carbocycles. The van der Waals surface area contributed by atoms with Gasteiger partial charge in [-0.05, 0) is 86.0 Å². The highest BCUT2D eigenvalue weighted by molar-refractivity contribution is 6.32. The molecule has 53 heavy (non-hydrogen) atoms. The van der Waals surface area contributed by atoms with Gasteiger partial charge in [0.05, 0.1) is 28.6 Å². The maximum absolute atomic E-state index is 14.3. The van der Waals surface area contributed by atoms with E-state index >= 15 is 0 Å². The number of Topliss-reactive ketones (excluding diaryl/α,β-unsaturated/α-hetero) is 4. The maximum atomic E-state index is 14.3. The highest BCUT2D eigenvalue weighted by Crippen LogP contribution is 2.52. The molecule has 0 heterocycles. The van der Waals surface area contributed by atoms with Crippen LogP contribution in [0.3, 0.4) is 0 Å². The molecule has 17 nitrogen and oxygen atoms in total. The molecule has 0 spiro atoms. The molecule has 2 unspecified atom stereocenters. The van der Waals surface area contributed by atoms with Crippen LogP contribution in [0.1, 0.15) is 63.9 Å². The third kappa shape index (κ3) is 7.23. The molecule has 17 heteroatoms. The third-order valence-corrected chi connectivity index (χ3v) is 10.1. The van der Waals surface area contributed by atoms with Crippen molar-refractivity contribution in [3.63, 3.8) is 0 Å². The number of phenols is 1. The predicted octanol–water partition coefficient (Wildman–Crippen LogP) is 0.655. The number of hydrogen-bond acceptors (Lipinski definition) is 14. The number of anilines is 2. The normalized spacial score (nSPS) is 25.5. The van der Waals surface area contributed by atoms with Crippen molar-refractivity contribution in [3.05, 3.63) is 17.2 Å². The zero-order valence-corrected chi connectivity index (χ0v) is 31.7.